The van der Waals surface area contributed by atoms with Crippen molar-refractivity contribution in [1.29, 1.82) is 0 Å². The van der Waals surface area contributed by atoms with Gasteiger partial charge in [-0.05, 0) is 47.9 Å². The van der Waals surface area contributed by atoms with E-state index in [0.29, 0.717) is 19.4 Å². The van der Waals surface area contributed by atoms with Crippen LogP contribution in [0.1, 0.15) is 50.7 Å². The fraction of sp³-hybridized carbons (Fsp3) is 0.464. The van der Waals surface area contributed by atoms with Gasteiger partial charge >= 0.3 is 12.1 Å². The lowest BCUT2D eigenvalue weighted by Gasteiger charge is -2.40. The van der Waals surface area contributed by atoms with Crippen LogP contribution in [0, 0.1) is 17.3 Å². The molecule has 2 N–H and O–H groups in total. The number of rotatable bonds is 7. The molecule has 3 atom stereocenters. The van der Waals surface area contributed by atoms with Crippen LogP contribution in [0.4, 0.5) is 4.79 Å². The minimum absolute atomic E-state index is 0.0309. The van der Waals surface area contributed by atoms with Crippen LogP contribution >= 0.6 is 0 Å². The van der Waals surface area contributed by atoms with E-state index in [0.717, 1.165) is 22.3 Å². The molecule has 1 saturated heterocycles. The molecule has 7 nitrogen and oxygen atoms in total. The highest BCUT2D eigenvalue weighted by Gasteiger charge is 2.40. The van der Waals surface area contributed by atoms with Gasteiger partial charge < -0.3 is 20.1 Å². The van der Waals surface area contributed by atoms with E-state index >= 15 is 0 Å². The number of nitrogens with zero attached hydrogens (tertiary/aromatic N) is 1. The zero-order valence-corrected chi connectivity index (χ0v) is 20.6. The third kappa shape index (κ3) is 4.90. The topological polar surface area (TPSA) is 95.9 Å². The van der Waals surface area contributed by atoms with Gasteiger partial charge in [-0.2, -0.15) is 0 Å². The normalized spacial score (nSPS) is 20.9. The molecule has 2 aromatic rings. The quantitative estimate of drug-likeness (QED) is 0.610. The highest BCUT2D eigenvalue weighted by Crippen LogP contribution is 2.44. The lowest BCUT2D eigenvalue weighted by molar-refractivity contribution is -0.151. The number of hydrogen-bond acceptors (Lipinski definition) is 4. The Morgan fingerprint density at radius 3 is 2.26 bits per heavy atom. The molecular weight excluding hydrogens is 444 g/mol. The number of amides is 2. The first-order valence-corrected chi connectivity index (χ1v) is 12.4. The highest BCUT2D eigenvalue weighted by molar-refractivity contribution is 5.84. The fourth-order valence-electron chi connectivity index (χ4n) is 5.23. The summed E-state index contributed by atoms with van der Waals surface area (Å²) in [5.41, 5.74) is 3.77. The van der Waals surface area contributed by atoms with E-state index in [9.17, 15) is 19.5 Å². The molecule has 1 aliphatic carbocycles. The summed E-state index contributed by atoms with van der Waals surface area (Å²) in [6, 6.07) is 16.3. The summed E-state index contributed by atoms with van der Waals surface area (Å²) >= 11 is 0. The van der Waals surface area contributed by atoms with Crippen LogP contribution < -0.4 is 5.32 Å². The number of carbonyl (C=O) groups is 3. The summed E-state index contributed by atoms with van der Waals surface area (Å²) < 4.78 is 5.61. The molecule has 2 aliphatic rings. The largest absolute Gasteiger partial charge is 0.481 e. The monoisotopic (exact) mass is 478 g/mol. The molecule has 2 amide bonds. The highest BCUT2D eigenvalue weighted by atomic mass is 16.5. The number of hydrogen-bond donors (Lipinski definition) is 2. The van der Waals surface area contributed by atoms with E-state index in [-0.39, 0.29) is 37.4 Å². The predicted molar refractivity (Wildman–Crippen MR) is 133 cm³/mol. The predicted octanol–water partition coefficient (Wildman–Crippen LogP) is 4.51. The van der Waals surface area contributed by atoms with E-state index in [1.807, 2.05) is 45.0 Å². The number of carboxylic acid groups (broad SMARTS) is 1. The minimum atomic E-state index is -0.870. The first-order chi connectivity index (χ1) is 16.7. The second-order valence-electron chi connectivity index (χ2n) is 10.1. The summed E-state index contributed by atoms with van der Waals surface area (Å²) in [5, 5.41) is 12.3. The summed E-state index contributed by atoms with van der Waals surface area (Å²) in [7, 11) is 0. The summed E-state index contributed by atoms with van der Waals surface area (Å²) in [4.78, 5) is 39.2. The molecule has 7 heteroatoms. The summed E-state index contributed by atoms with van der Waals surface area (Å²) in [6.07, 6.45) is 0.608. The fourth-order valence-corrected chi connectivity index (χ4v) is 5.23. The van der Waals surface area contributed by atoms with Gasteiger partial charge in [-0.1, -0.05) is 62.4 Å². The van der Waals surface area contributed by atoms with Gasteiger partial charge in [0.05, 0.1) is 11.3 Å². The van der Waals surface area contributed by atoms with Crippen molar-refractivity contribution in [2.45, 2.75) is 39.5 Å². The van der Waals surface area contributed by atoms with Crippen molar-refractivity contribution in [3.8, 4) is 11.1 Å². The Hall–Kier alpha value is -3.35. The number of alkyl carbamates (subject to hydrolysis) is 1. The van der Waals surface area contributed by atoms with Crippen molar-refractivity contribution in [2.75, 3.05) is 26.2 Å². The molecule has 1 fully saturated rings. The second kappa shape index (κ2) is 10.1. The molecule has 0 bridgehead atoms. The van der Waals surface area contributed by atoms with Crippen LogP contribution in [0.2, 0.25) is 0 Å². The number of piperidine rings is 1. The SMILES string of the molecule is CCC(C)(CNC(=O)OCC1c2ccccc2-c2ccccc21)C(=O)N1CCC(C)C(C(=O)O)C1. The number of ether oxygens (including phenoxy) is 1. The Balaban J connectivity index is 1.36. The van der Waals surface area contributed by atoms with Crippen molar-refractivity contribution in [1.82, 2.24) is 10.2 Å². The molecule has 3 unspecified atom stereocenters. The number of aliphatic carboxylic acids is 1. The average Bonchev–Trinajstić information content (AvgIpc) is 3.19. The third-order valence-corrected chi connectivity index (χ3v) is 7.83. The Kier molecular flexibility index (Phi) is 7.15. The first-order valence-electron chi connectivity index (χ1n) is 12.4. The van der Waals surface area contributed by atoms with Crippen molar-refractivity contribution in [3.05, 3.63) is 59.7 Å². The van der Waals surface area contributed by atoms with Crippen LogP contribution in [-0.2, 0) is 14.3 Å². The molecule has 2 aromatic carbocycles. The van der Waals surface area contributed by atoms with Crippen LogP contribution in [0.25, 0.3) is 11.1 Å². The van der Waals surface area contributed by atoms with Gasteiger partial charge in [0.2, 0.25) is 5.91 Å². The third-order valence-electron chi connectivity index (χ3n) is 7.83. The maximum Gasteiger partial charge on any atom is 0.407 e. The number of fused-ring (bicyclic) bond motifs is 3. The van der Waals surface area contributed by atoms with Crippen LogP contribution in [0.15, 0.2) is 48.5 Å². The molecular formula is C28H34N2O5. The number of benzene rings is 2. The molecule has 1 heterocycles. The van der Waals surface area contributed by atoms with Crippen molar-refractivity contribution < 1.29 is 24.2 Å². The van der Waals surface area contributed by atoms with E-state index in [1.54, 1.807) is 4.90 Å². The van der Waals surface area contributed by atoms with Gasteiger partial charge in [0, 0.05) is 25.6 Å². The van der Waals surface area contributed by atoms with Gasteiger partial charge in [0.1, 0.15) is 6.61 Å². The second-order valence-corrected chi connectivity index (χ2v) is 10.1. The molecule has 186 valence electrons. The zero-order chi connectivity index (χ0) is 25.2. The smallest absolute Gasteiger partial charge is 0.407 e. The number of carbonyl (C=O) groups excluding carboxylic acids is 2. The maximum atomic E-state index is 13.3. The van der Waals surface area contributed by atoms with Crippen LogP contribution in [0.3, 0.4) is 0 Å². The molecule has 0 radical (unpaired) electrons. The molecule has 35 heavy (non-hydrogen) atoms. The zero-order valence-electron chi connectivity index (χ0n) is 20.6. The van der Waals surface area contributed by atoms with Crippen LogP contribution in [0.5, 0.6) is 0 Å². The van der Waals surface area contributed by atoms with Gasteiger partial charge in [0.15, 0.2) is 0 Å². The average molecular weight is 479 g/mol. The van der Waals surface area contributed by atoms with Crippen molar-refractivity contribution >= 4 is 18.0 Å². The standard InChI is InChI=1S/C28H34N2O5/c1-4-28(3,26(33)30-14-13-18(2)23(15-30)25(31)32)17-29-27(34)35-16-24-21-11-7-5-9-19(21)20-10-6-8-12-22(20)24/h5-12,18,23-24H,4,13-17H2,1-3H3,(H,29,34)(H,31,32). The van der Waals surface area contributed by atoms with Crippen molar-refractivity contribution in [2.24, 2.45) is 17.3 Å². The Labute approximate surface area is 206 Å². The van der Waals surface area contributed by atoms with E-state index in [4.69, 9.17) is 4.74 Å². The van der Waals surface area contributed by atoms with E-state index < -0.39 is 23.4 Å². The summed E-state index contributed by atoms with van der Waals surface area (Å²) in [6.45, 7) is 6.70. The Morgan fingerprint density at radius 1 is 1.09 bits per heavy atom. The minimum Gasteiger partial charge on any atom is -0.481 e. The first kappa shape index (κ1) is 24.8. The van der Waals surface area contributed by atoms with Gasteiger partial charge in [-0.15, -0.1) is 0 Å². The number of nitrogens with one attached hydrogen (secondary N) is 1. The van der Waals surface area contributed by atoms with E-state index in [1.165, 1.54) is 0 Å². The number of carboxylic acids is 1. The molecule has 0 aromatic heterocycles. The molecule has 0 spiro atoms. The number of likely N-dealkylation sites (tertiary alicyclic amines) is 1. The molecule has 1 aliphatic heterocycles. The molecule has 4 rings (SSSR count). The molecule has 0 saturated carbocycles. The Bertz CT molecular complexity index is 1070. The maximum absolute atomic E-state index is 13.3. The Morgan fingerprint density at radius 2 is 1.69 bits per heavy atom. The van der Waals surface area contributed by atoms with Gasteiger partial charge in [-0.3, -0.25) is 9.59 Å². The van der Waals surface area contributed by atoms with Crippen molar-refractivity contribution in [3.63, 3.8) is 0 Å². The van der Waals surface area contributed by atoms with Gasteiger partial charge in [0.25, 0.3) is 0 Å². The summed E-state index contributed by atoms with van der Waals surface area (Å²) in [5.74, 6) is -1.56. The van der Waals surface area contributed by atoms with Gasteiger partial charge in [-0.25, -0.2) is 4.79 Å². The van der Waals surface area contributed by atoms with Crippen LogP contribution in [-0.4, -0.2) is 54.2 Å². The lowest BCUT2D eigenvalue weighted by Crippen LogP contribution is -2.53. The lowest BCUT2D eigenvalue weighted by atomic mass is 9.82. The van der Waals surface area contributed by atoms with E-state index in [2.05, 4.69) is 29.6 Å².